The third-order valence-electron chi connectivity index (χ3n) is 5.33. The summed E-state index contributed by atoms with van der Waals surface area (Å²) < 4.78 is 0. The van der Waals surface area contributed by atoms with Gasteiger partial charge in [-0.2, -0.15) is 0 Å². The van der Waals surface area contributed by atoms with E-state index in [9.17, 15) is 34.2 Å². The first-order valence-electron chi connectivity index (χ1n) is 11.6. The Balaban J connectivity index is 1.85. The van der Waals surface area contributed by atoms with Crippen molar-refractivity contribution in [1.29, 1.82) is 0 Å². The fourth-order valence-electron chi connectivity index (χ4n) is 3.28. The monoisotopic (exact) mass is 529 g/mol. The number of amides is 4. The molecule has 3 atom stereocenters. The summed E-state index contributed by atoms with van der Waals surface area (Å²) in [5.41, 5.74) is 7.24. The molecule has 2 aromatic rings. The van der Waals surface area contributed by atoms with Crippen molar-refractivity contribution in [2.45, 2.75) is 31.0 Å². The molecule has 204 valence electrons. The summed E-state index contributed by atoms with van der Waals surface area (Å²) in [4.78, 5) is 60.4. The number of carbonyl (C=O) groups excluding carboxylic acids is 4. The molecule has 13 nitrogen and oxygen atoms in total. The Morgan fingerprint density at radius 1 is 0.737 bits per heavy atom. The van der Waals surface area contributed by atoms with Crippen molar-refractivity contribution >= 4 is 29.6 Å². The van der Waals surface area contributed by atoms with Crippen LogP contribution < -0.4 is 27.0 Å². The lowest BCUT2D eigenvalue weighted by atomic mass is 10.0. The van der Waals surface area contributed by atoms with Gasteiger partial charge in [-0.05, 0) is 29.7 Å². The highest BCUT2D eigenvalue weighted by atomic mass is 16.4. The number of nitrogens with two attached hydrogens (primary N) is 1. The Labute approximate surface area is 218 Å². The number of carboxylic acid groups (broad SMARTS) is 1. The predicted octanol–water partition coefficient (Wildman–Crippen LogP) is -2.22. The van der Waals surface area contributed by atoms with Crippen molar-refractivity contribution in [2.24, 2.45) is 5.73 Å². The van der Waals surface area contributed by atoms with Crippen molar-refractivity contribution in [1.82, 2.24) is 21.3 Å². The van der Waals surface area contributed by atoms with Crippen LogP contribution in [-0.2, 0) is 36.8 Å². The van der Waals surface area contributed by atoms with Gasteiger partial charge in [-0.3, -0.25) is 19.2 Å². The van der Waals surface area contributed by atoms with E-state index in [2.05, 4.69) is 21.3 Å². The van der Waals surface area contributed by atoms with Crippen molar-refractivity contribution in [3.05, 3.63) is 65.7 Å². The van der Waals surface area contributed by atoms with Crippen LogP contribution in [-0.4, -0.2) is 82.7 Å². The molecule has 13 heteroatoms. The minimum Gasteiger partial charge on any atom is -0.508 e. The topological polar surface area (TPSA) is 220 Å². The first-order chi connectivity index (χ1) is 18.1. The third kappa shape index (κ3) is 10.2. The molecular weight excluding hydrogens is 498 g/mol. The van der Waals surface area contributed by atoms with Gasteiger partial charge in [0.2, 0.25) is 23.6 Å². The first-order valence-corrected chi connectivity index (χ1v) is 11.6. The molecule has 0 aromatic heterocycles. The molecule has 0 aliphatic carbocycles. The van der Waals surface area contributed by atoms with E-state index >= 15 is 0 Å². The van der Waals surface area contributed by atoms with Crippen molar-refractivity contribution in [3.8, 4) is 5.75 Å². The van der Waals surface area contributed by atoms with Crippen molar-refractivity contribution < 1.29 is 39.3 Å². The minimum atomic E-state index is -1.55. The van der Waals surface area contributed by atoms with Gasteiger partial charge >= 0.3 is 5.97 Å². The number of phenolic OH excluding ortho intramolecular Hbond substituents is 1. The van der Waals surface area contributed by atoms with Gasteiger partial charge in [0.25, 0.3) is 0 Å². The molecular formula is C25H31N5O8. The maximum atomic E-state index is 12.6. The van der Waals surface area contributed by atoms with Gasteiger partial charge in [0.05, 0.1) is 25.7 Å². The molecule has 38 heavy (non-hydrogen) atoms. The lowest BCUT2D eigenvalue weighted by molar-refractivity contribution is -0.143. The Hall–Kier alpha value is -4.49. The molecule has 0 fully saturated rings. The first kappa shape index (κ1) is 29.7. The number of nitrogens with one attached hydrogen (secondary N) is 4. The number of carboxylic acids is 1. The number of hydrogen-bond acceptors (Lipinski definition) is 8. The number of rotatable bonds is 14. The van der Waals surface area contributed by atoms with E-state index in [1.54, 1.807) is 42.5 Å². The zero-order chi connectivity index (χ0) is 28.1. The van der Waals surface area contributed by atoms with Crippen molar-refractivity contribution in [2.75, 3.05) is 19.7 Å². The Morgan fingerprint density at radius 3 is 1.95 bits per heavy atom. The lowest BCUT2D eigenvalue weighted by Gasteiger charge is -2.21. The van der Waals surface area contributed by atoms with E-state index in [1.165, 1.54) is 12.1 Å². The fraction of sp³-hybridized carbons (Fsp3) is 0.320. The van der Waals surface area contributed by atoms with Gasteiger partial charge in [-0.15, -0.1) is 0 Å². The van der Waals surface area contributed by atoms with E-state index in [0.717, 1.165) is 0 Å². The Morgan fingerprint density at radius 2 is 1.34 bits per heavy atom. The van der Waals surface area contributed by atoms with Gasteiger partial charge in [-0.1, -0.05) is 42.5 Å². The smallest absolute Gasteiger partial charge is 0.328 e. The minimum absolute atomic E-state index is 0.0269. The lowest BCUT2D eigenvalue weighted by Crippen LogP contribution is -2.55. The molecule has 0 aliphatic heterocycles. The molecule has 0 heterocycles. The molecule has 9 N–H and O–H groups in total. The largest absolute Gasteiger partial charge is 0.508 e. The summed E-state index contributed by atoms with van der Waals surface area (Å²) in [6, 6.07) is 11.1. The second-order valence-corrected chi connectivity index (χ2v) is 8.36. The Bertz CT molecular complexity index is 1110. The van der Waals surface area contributed by atoms with Crippen LogP contribution in [0, 0.1) is 0 Å². The van der Waals surface area contributed by atoms with Gasteiger partial charge < -0.3 is 42.3 Å². The number of aliphatic hydroxyl groups is 1. The normalized spacial score (nSPS) is 12.9. The van der Waals surface area contributed by atoms with E-state index in [4.69, 9.17) is 10.8 Å². The van der Waals surface area contributed by atoms with Crippen LogP contribution in [0.4, 0.5) is 0 Å². The number of phenols is 1. The van der Waals surface area contributed by atoms with Crippen LogP contribution in [0.25, 0.3) is 0 Å². The zero-order valence-electron chi connectivity index (χ0n) is 20.4. The number of aliphatic hydroxyl groups excluding tert-OH is 1. The summed E-state index contributed by atoms with van der Waals surface area (Å²) in [7, 11) is 0. The number of aliphatic carboxylic acids is 1. The van der Waals surface area contributed by atoms with E-state index in [0.29, 0.717) is 11.1 Å². The molecule has 2 aromatic carbocycles. The molecule has 0 saturated heterocycles. The molecule has 2 rings (SSSR count). The maximum absolute atomic E-state index is 12.6. The van der Waals surface area contributed by atoms with Gasteiger partial charge in [-0.25, -0.2) is 4.79 Å². The van der Waals surface area contributed by atoms with Crippen molar-refractivity contribution in [3.63, 3.8) is 0 Å². The number of hydrogen-bond donors (Lipinski definition) is 8. The van der Waals surface area contributed by atoms with Crippen LogP contribution in [0.5, 0.6) is 5.75 Å². The molecule has 3 unspecified atom stereocenters. The van der Waals surface area contributed by atoms with E-state index < -0.39 is 67.4 Å². The zero-order valence-corrected chi connectivity index (χ0v) is 20.4. The van der Waals surface area contributed by atoms with Gasteiger partial charge in [0.1, 0.15) is 17.8 Å². The van der Waals surface area contributed by atoms with Crippen LogP contribution in [0.2, 0.25) is 0 Å². The highest BCUT2D eigenvalue weighted by Crippen LogP contribution is 2.11. The summed E-state index contributed by atoms with van der Waals surface area (Å²) in [5, 5.41) is 36.8. The molecule has 0 saturated carbocycles. The van der Waals surface area contributed by atoms with E-state index in [-0.39, 0.29) is 18.6 Å². The molecule has 0 radical (unpaired) electrons. The highest BCUT2D eigenvalue weighted by molar-refractivity contribution is 5.93. The van der Waals surface area contributed by atoms with Crippen LogP contribution in [0.1, 0.15) is 11.1 Å². The predicted molar refractivity (Wildman–Crippen MR) is 135 cm³/mol. The van der Waals surface area contributed by atoms with Gasteiger partial charge in [0, 0.05) is 6.42 Å². The summed E-state index contributed by atoms with van der Waals surface area (Å²) in [6.07, 6.45) is 0.207. The molecule has 0 aliphatic rings. The summed E-state index contributed by atoms with van der Waals surface area (Å²) in [6.45, 7) is -1.80. The SMILES string of the molecule is NC(Cc1ccc(O)cc1)C(=O)NCC(=O)NCC(=O)NC(Cc1ccccc1)C(=O)NC(CO)C(=O)O. The average molecular weight is 530 g/mol. The van der Waals surface area contributed by atoms with Crippen LogP contribution >= 0.6 is 0 Å². The Kier molecular flexibility index (Phi) is 11.7. The standard InChI is InChI=1S/C25H31N5O8/c26-18(10-16-6-8-17(32)9-7-16)23(35)28-12-21(33)27-13-22(34)29-19(11-15-4-2-1-3-5-15)24(36)30-20(14-31)25(37)38/h1-9,18-20,31-32H,10-14,26H2,(H,27,33)(H,28,35)(H,29,34)(H,30,36)(H,37,38). The second kappa shape index (κ2) is 14.9. The number of aromatic hydroxyl groups is 1. The van der Waals surface area contributed by atoms with Crippen LogP contribution in [0.3, 0.4) is 0 Å². The molecule has 0 spiro atoms. The summed E-state index contributed by atoms with van der Waals surface area (Å²) in [5.74, 6) is -4.20. The quantitative estimate of drug-likeness (QED) is 0.133. The average Bonchev–Trinajstić information content (AvgIpc) is 2.90. The second-order valence-electron chi connectivity index (χ2n) is 8.36. The number of benzene rings is 2. The highest BCUT2D eigenvalue weighted by Gasteiger charge is 2.26. The van der Waals surface area contributed by atoms with E-state index in [1.807, 2.05) is 0 Å². The van der Waals surface area contributed by atoms with Crippen LogP contribution in [0.15, 0.2) is 54.6 Å². The fourth-order valence-corrected chi connectivity index (χ4v) is 3.28. The third-order valence-corrected chi connectivity index (χ3v) is 5.33. The summed E-state index contributed by atoms with van der Waals surface area (Å²) >= 11 is 0. The van der Waals surface area contributed by atoms with Gasteiger partial charge in [0.15, 0.2) is 0 Å². The maximum Gasteiger partial charge on any atom is 0.328 e. The number of carbonyl (C=O) groups is 5. The molecule has 4 amide bonds. The molecule has 0 bridgehead atoms.